The van der Waals surface area contributed by atoms with Gasteiger partial charge in [-0.2, -0.15) is 0 Å². The van der Waals surface area contributed by atoms with E-state index in [1.165, 1.54) is 4.90 Å². The molecular weight excluding hydrogens is 307 g/mol. The van der Waals surface area contributed by atoms with E-state index in [1.807, 2.05) is 6.92 Å². The van der Waals surface area contributed by atoms with E-state index >= 15 is 0 Å². The molecule has 110 valence electrons. The fourth-order valence-electron chi connectivity index (χ4n) is 2.42. The van der Waals surface area contributed by atoms with Crippen molar-refractivity contribution < 1.29 is 13.6 Å². The molecule has 0 spiro atoms. The van der Waals surface area contributed by atoms with Crippen LogP contribution in [0.4, 0.5) is 8.78 Å². The summed E-state index contributed by atoms with van der Waals surface area (Å²) in [7, 11) is 0. The summed E-state index contributed by atoms with van der Waals surface area (Å²) in [5, 5.41) is -0.273. The molecule has 1 unspecified atom stereocenters. The van der Waals surface area contributed by atoms with E-state index in [9.17, 15) is 13.6 Å². The second-order valence-electron chi connectivity index (χ2n) is 5.05. The molecule has 0 aliphatic carbocycles. The lowest BCUT2D eigenvalue weighted by Crippen LogP contribution is -2.40. The summed E-state index contributed by atoms with van der Waals surface area (Å²) in [5.74, 6) is -1.74. The van der Waals surface area contributed by atoms with Crippen molar-refractivity contribution in [1.29, 1.82) is 0 Å². The molecule has 1 heterocycles. The van der Waals surface area contributed by atoms with E-state index in [1.54, 1.807) is 0 Å². The third-order valence-corrected chi connectivity index (χ3v) is 4.36. The molecule has 1 amide bonds. The Morgan fingerprint density at radius 1 is 1.30 bits per heavy atom. The molecule has 0 aromatic heterocycles. The van der Waals surface area contributed by atoms with Gasteiger partial charge in [-0.15, -0.1) is 11.6 Å². The quantitative estimate of drug-likeness (QED) is 0.593. The maximum atomic E-state index is 13.7. The number of alkyl halides is 1. The van der Waals surface area contributed by atoms with Crippen LogP contribution in [0, 0.1) is 17.6 Å². The van der Waals surface area contributed by atoms with Gasteiger partial charge in [-0.1, -0.05) is 11.6 Å². The maximum Gasteiger partial charge on any atom is 0.256 e. The van der Waals surface area contributed by atoms with E-state index in [2.05, 4.69) is 0 Å². The van der Waals surface area contributed by atoms with Crippen LogP contribution in [-0.4, -0.2) is 29.3 Å². The third-order valence-electron chi connectivity index (χ3n) is 3.72. The number of benzene rings is 1. The van der Waals surface area contributed by atoms with Crippen molar-refractivity contribution in [1.82, 2.24) is 4.90 Å². The Hall–Kier alpha value is -0.870. The number of hydrogen-bond acceptors (Lipinski definition) is 1. The van der Waals surface area contributed by atoms with Crippen molar-refractivity contribution in [3.05, 3.63) is 34.4 Å². The largest absolute Gasteiger partial charge is 0.339 e. The Labute approximate surface area is 126 Å². The zero-order valence-electron chi connectivity index (χ0n) is 11.0. The van der Waals surface area contributed by atoms with Gasteiger partial charge in [-0.3, -0.25) is 4.79 Å². The van der Waals surface area contributed by atoms with Crippen LogP contribution in [0.15, 0.2) is 12.1 Å². The molecule has 20 heavy (non-hydrogen) atoms. The normalized spacial score (nSPS) is 18.1. The fourth-order valence-corrected chi connectivity index (χ4v) is 2.82. The summed E-state index contributed by atoms with van der Waals surface area (Å²) >= 11 is 11.5. The minimum absolute atomic E-state index is 0.0527. The highest BCUT2D eigenvalue weighted by molar-refractivity contribution is 6.30. The Morgan fingerprint density at radius 2 is 1.90 bits per heavy atom. The summed E-state index contributed by atoms with van der Waals surface area (Å²) in [6, 6.07) is 1.69. The molecular formula is C14H15Cl2F2NO. The maximum absolute atomic E-state index is 13.7. The second kappa shape index (κ2) is 6.27. The van der Waals surface area contributed by atoms with Gasteiger partial charge in [0.25, 0.3) is 5.91 Å². The molecule has 1 aromatic carbocycles. The molecule has 1 atom stereocenters. The third kappa shape index (κ3) is 3.23. The number of carbonyl (C=O) groups excluding carboxylic acids is 1. The van der Waals surface area contributed by atoms with Crippen molar-refractivity contribution in [3.8, 4) is 0 Å². The minimum Gasteiger partial charge on any atom is -0.339 e. The first-order valence-corrected chi connectivity index (χ1v) is 7.29. The van der Waals surface area contributed by atoms with E-state index in [4.69, 9.17) is 23.2 Å². The Kier molecular flexibility index (Phi) is 4.86. The molecule has 1 fully saturated rings. The predicted molar refractivity (Wildman–Crippen MR) is 75.3 cm³/mol. The summed E-state index contributed by atoms with van der Waals surface area (Å²) in [6.07, 6.45) is 1.54. The van der Waals surface area contributed by atoms with Crippen molar-refractivity contribution >= 4 is 29.1 Å². The minimum atomic E-state index is -0.797. The van der Waals surface area contributed by atoms with Gasteiger partial charge in [0, 0.05) is 18.5 Å². The van der Waals surface area contributed by atoms with E-state index in [0.29, 0.717) is 19.0 Å². The lowest BCUT2D eigenvalue weighted by atomic mass is 9.93. The predicted octanol–water partition coefficient (Wildman–Crippen LogP) is 4.10. The average Bonchev–Trinajstić information content (AvgIpc) is 2.42. The number of carbonyl (C=O) groups is 1. The van der Waals surface area contributed by atoms with Gasteiger partial charge < -0.3 is 4.90 Å². The van der Waals surface area contributed by atoms with E-state index in [-0.39, 0.29) is 16.0 Å². The van der Waals surface area contributed by atoms with Gasteiger partial charge in [0.15, 0.2) is 0 Å². The number of rotatable bonds is 2. The first kappa shape index (κ1) is 15.5. The highest BCUT2D eigenvalue weighted by Crippen LogP contribution is 2.26. The zero-order valence-corrected chi connectivity index (χ0v) is 12.5. The molecule has 0 saturated carbocycles. The lowest BCUT2D eigenvalue weighted by molar-refractivity contribution is 0.0685. The molecule has 1 aliphatic rings. The molecule has 0 N–H and O–H groups in total. The number of hydrogen-bond donors (Lipinski definition) is 0. The van der Waals surface area contributed by atoms with Crippen molar-refractivity contribution in [2.24, 2.45) is 5.92 Å². The Morgan fingerprint density at radius 3 is 2.45 bits per heavy atom. The Balaban J connectivity index is 2.11. The van der Waals surface area contributed by atoms with E-state index in [0.717, 1.165) is 25.0 Å². The van der Waals surface area contributed by atoms with Crippen LogP contribution in [0.2, 0.25) is 5.02 Å². The lowest BCUT2D eigenvalue weighted by Gasteiger charge is -2.33. The van der Waals surface area contributed by atoms with E-state index < -0.39 is 17.5 Å². The molecule has 1 aromatic rings. The standard InChI is InChI=1S/C14H15Cl2F2NO/c1-8(15)9-2-4-19(5-3-9)14(20)10-6-13(18)11(16)7-12(10)17/h6-9H,2-5H2,1H3. The first-order chi connectivity index (χ1) is 9.40. The summed E-state index contributed by atoms with van der Waals surface area (Å²) in [6.45, 7) is 2.94. The van der Waals surface area contributed by atoms with Gasteiger partial charge in [-0.25, -0.2) is 8.78 Å². The van der Waals surface area contributed by atoms with Gasteiger partial charge in [0.1, 0.15) is 11.6 Å². The van der Waals surface area contributed by atoms with Gasteiger partial charge in [0.2, 0.25) is 0 Å². The van der Waals surface area contributed by atoms with Gasteiger partial charge >= 0.3 is 0 Å². The average molecular weight is 322 g/mol. The smallest absolute Gasteiger partial charge is 0.256 e. The number of amides is 1. The fraction of sp³-hybridized carbons (Fsp3) is 0.500. The highest BCUT2D eigenvalue weighted by atomic mass is 35.5. The van der Waals surface area contributed by atoms with Crippen molar-refractivity contribution in [3.63, 3.8) is 0 Å². The monoisotopic (exact) mass is 321 g/mol. The SMILES string of the molecule is CC(Cl)C1CCN(C(=O)c2cc(F)c(Cl)cc2F)CC1. The van der Waals surface area contributed by atoms with Crippen LogP contribution in [0.3, 0.4) is 0 Å². The number of halogens is 4. The van der Waals surface area contributed by atoms with Gasteiger partial charge in [0.05, 0.1) is 10.6 Å². The van der Waals surface area contributed by atoms with Crippen LogP contribution < -0.4 is 0 Å². The van der Waals surface area contributed by atoms with Crippen LogP contribution >= 0.6 is 23.2 Å². The molecule has 0 bridgehead atoms. The van der Waals surface area contributed by atoms with Crippen LogP contribution in [0.25, 0.3) is 0 Å². The second-order valence-corrected chi connectivity index (χ2v) is 6.15. The highest BCUT2D eigenvalue weighted by Gasteiger charge is 2.27. The topological polar surface area (TPSA) is 20.3 Å². The summed E-state index contributed by atoms with van der Waals surface area (Å²) in [5.41, 5.74) is -0.274. The zero-order chi connectivity index (χ0) is 14.9. The number of likely N-dealkylation sites (tertiary alicyclic amines) is 1. The molecule has 6 heteroatoms. The van der Waals surface area contributed by atoms with Crippen LogP contribution in [-0.2, 0) is 0 Å². The molecule has 1 aliphatic heterocycles. The molecule has 0 radical (unpaired) electrons. The number of piperidine rings is 1. The van der Waals surface area contributed by atoms with Crippen molar-refractivity contribution in [2.75, 3.05) is 13.1 Å². The van der Waals surface area contributed by atoms with Crippen LogP contribution in [0.1, 0.15) is 30.1 Å². The van der Waals surface area contributed by atoms with Crippen molar-refractivity contribution in [2.45, 2.75) is 25.1 Å². The molecule has 2 rings (SSSR count). The summed E-state index contributed by atoms with van der Waals surface area (Å²) in [4.78, 5) is 13.7. The number of nitrogens with zero attached hydrogens (tertiary/aromatic N) is 1. The van der Waals surface area contributed by atoms with Crippen LogP contribution in [0.5, 0.6) is 0 Å². The Bertz CT molecular complexity index is 514. The first-order valence-electron chi connectivity index (χ1n) is 6.48. The summed E-state index contributed by atoms with van der Waals surface area (Å²) < 4.78 is 27.1. The molecule has 2 nitrogen and oxygen atoms in total. The molecule has 1 saturated heterocycles. The van der Waals surface area contributed by atoms with Gasteiger partial charge in [-0.05, 0) is 37.8 Å².